The van der Waals surface area contributed by atoms with Gasteiger partial charge in [-0.1, -0.05) is 46.9 Å². The summed E-state index contributed by atoms with van der Waals surface area (Å²) in [6.07, 6.45) is 0. The Kier molecular flexibility index (Phi) is 6.95. The molecule has 4 rings (SSSR count). The van der Waals surface area contributed by atoms with Crippen LogP contribution in [0.3, 0.4) is 0 Å². The first-order chi connectivity index (χ1) is 15.7. The van der Waals surface area contributed by atoms with E-state index in [1.165, 1.54) is 4.90 Å². The molecule has 0 saturated carbocycles. The second kappa shape index (κ2) is 9.73. The van der Waals surface area contributed by atoms with Gasteiger partial charge in [-0.25, -0.2) is 9.97 Å². The molecular weight excluding hydrogens is 503 g/mol. The van der Waals surface area contributed by atoms with Crippen molar-refractivity contribution in [2.24, 2.45) is 0 Å². The number of hydrogen-bond acceptors (Lipinski definition) is 6. The smallest absolute Gasteiger partial charge is 0.278 e. The third-order valence-corrected chi connectivity index (χ3v) is 6.66. The molecular formula is C23H17Cl3N4O2S. The third-order valence-electron chi connectivity index (χ3n) is 4.72. The van der Waals surface area contributed by atoms with Crippen LogP contribution in [0.4, 0.5) is 5.69 Å². The molecule has 0 saturated heterocycles. The van der Waals surface area contributed by atoms with E-state index in [1.807, 2.05) is 19.9 Å². The fourth-order valence-electron chi connectivity index (χ4n) is 3.22. The lowest BCUT2D eigenvalue weighted by Crippen LogP contribution is -2.31. The van der Waals surface area contributed by atoms with Crippen LogP contribution in [0.5, 0.6) is 0 Å². The van der Waals surface area contributed by atoms with Gasteiger partial charge in [0.05, 0.1) is 16.6 Å². The predicted molar refractivity (Wildman–Crippen MR) is 131 cm³/mol. The molecule has 0 fully saturated rings. The summed E-state index contributed by atoms with van der Waals surface area (Å²) in [5, 5.41) is 4.70. The lowest BCUT2D eigenvalue weighted by Gasteiger charge is -2.15. The van der Waals surface area contributed by atoms with E-state index in [-0.39, 0.29) is 17.1 Å². The SMILES string of the molecule is Cc1cc(C)nc(SC2=C(Nc3ccc(Cl)c(Cl)c3)C(=O)N(Cc3ccc(Cl)cc3)C2=O)n1. The number of hydrogen-bond donors (Lipinski definition) is 1. The van der Waals surface area contributed by atoms with Crippen LogP contribution in [-0.2, 0) is 16.1 Å². The van der Waals surface area contributed by atoms with Crippen LogP contribution >= 0.6 is 46.6 Å². The van der Waals surface area contributed by atoms with Gasteiger partial charge in [0.1, 0.15) is 10.6 Å². The van der Waals surface area contributed by atoms with Crippen LogP contribution < -0.4 is 5.32 Å². The number of carbonyl (C=O) groups excluding carboxylic acids is 2. The van der Waals surface area contributed by atoms with E-state index < -0.39 is 11.8 Å². The molecule has 10 heteroatoms. The Morgan fingerprint density at radius 3 is 2.18 bits per heavy atom. The molecule has 1 N–H and O–H groups in total. The lowest BCUT2D eigenvalue weighted by atomic mass is 10.2. The van der Waals surface area contributed by atoms with Gasteiger partial charge in [0.25, 0.3) is 11.8 Å². The van der Waals surface area contributed by atoms with Crippen molar-refractivity contribution in [2.45, 2.75) is 25.5 Å². The van der Waals surface area contributed by atoms with E-state index in [1.54, 1.807) is 42.5 Å². The summed E-state index contributed by atoms with van der Waals surface area (Å²) in [5.74, 6) is -0.904. The predicted octanol–water partition coefficient (Wildman–Crippen LogP) is 6.04. The number of aromatic nitrogens is 2. The molecule has 0 spiro atoms. The van der Waals surface area contributed by atoms with Crippen LogP contribution in [0.2, 0.25) is 15.1 Å². The Balaban J connectivity index is 1.70. The van der Waals surface area contributed by atoms with Gasteiger partial charge in [0.15, 0.2) is 5.16 Å². The molecule has 0 bridgehead atoms. The molecule has 0 atom stereocenters. The molecule has 0 radical (unpaired) electrons. The van der Waals surface area contributed by atoms with Crippen molar-refractivity contribution in [1.82, 2.24) is 14.9 Å². The summed E-state index contributed by atoms with van der Waals surface area (Å²) in [7, 11) is 0. The Hall–Kier alpha value is -2.58. The minimum absolute atomic E-state index is 0.0964. The largest absolute Gasteiger partial charge is 0.350 e. The van der Waals surface area contributed by atoms with Gasteiger partial charge in [-0.2, -0.15) is 0 Å². The van der Waals surface area contributed by atoms with E-state index in [0.29, 0.717) is 25.9 Å². The number of benzene rings is 2. The molecule has 3 aromatic rings. The molecule has 1 aliphatic rings. The average molecular weight is 520 g/mol. The topological polar surface area (TPSA) is 75.2 Å². The number of amides is 2. The second-order valence-corrected chi connectivity index (χ2v) is 9.54. The average Bonchev–Trinajstić information content (AvgIpc) is 2.96. The van der Waals surface area contributed by atoms with Gasteiger partial charge in [-0.3, -0.25) is 14.5 Å². The molecule has 0 unspecified atom stereocenters. The van der Waals surface area contributed by atoms with Crippen LogP contribution in [0.25, 0.3) is 0 Å². The fraction of sp³-hybridized carbons (Fsp3) is 0.130. The monoisotopic (exact) mass is 518 g/mol. The highest BCUT2D eigenvalue weighted by atomic mass is 35.5. The zero-order valence-corrected chi connectivity index (χ0v) is 20.6. The summed E-state index contributed by atoms with van der Waals surface area (Å²) < 4.78 is 0. The molecule has 1 aliphatic heterocycles. The standard InChI is InChI=1S/C23H17Cl3N4O2S/c1-12-9-13(2)28-23(27-12)33-20-19(29-16-7-8-17(25)18(26)10-16)21(31)30(22(20)32)11-14-3-5-15(24)6-4-14/h3-10,29H,11H2,1-2H3. The first-order valence-electron chi connectivity index (χ1n) is 9.78. The Labute approximate surface area is 210 Å². The summed E-state index contributed by atoms with van der Waals surface area (Å²) in [4.78, 5) is 36.8. The fourth-order valence-corrected chi connectivity index (χ4v) is 4.65. The molecule has 33 heavy (non-hydrogen) atoms. The van der Waals surface area contributed by atoms with Crippen molar-refractivity contribution in [3.8, 4) is 0 Å². The quantitative estimate of drug-likeness (QED) is 0.316. The maximum atomic E-state index is 13.3. The van der Waals surface area contributed by atoms with Gasteiger partial charge < -0.3 is 5.32 Å². The van der Waals surface area contributed by atoms with Gasteiger partial charge in [-0.05, 0) is 67.6 Å². The summed E-state index contributed by atoms with van der Waals surface area (Å²) in [6, 6.07) is 13.7. The van der Waals surface area contributed by atoms with E-state index >= 15 is 0 Å². The normalized spacial score (nSPS) is 13.8. The minimum Gasteiger partial charge on any atom is -0.350 e. The third kappa shape index (κ3) is 5.33. The maximum Gasteiger partial charge on any atom is 0.278 e. The highest BCUT2D eigenvalue weighted by molar-refractivity contribution is 8.04. The van der Waals surface area contributed by atoms with E-state index in [4.69, 9.17) is 34.8 Å². The molecule has 1 aromatic heterocycles. The van der Waals surface area contributed by atoms with Crippen LogP contribution in [-0.4, -0.2) is 26.7 Å². The molecule has 2 amide bonds. The van der Waals surface area contributed by atoms with Crippen molar-refractivity contribution >= 4 is 64.1 Å². The van der Waals surface area contributed by atoms with Crippen molar-refractivity contribution in [3.05, 3.63) is 91.2 Å². The number of nitrogens with zero attached hydrogens (tertiary/aromatic N) is 3. The highest BCUT2D eigenvalue weighted by Gasteiger charge is 2.39. The minimum atomic E-state index is -0.465. The number of carbonyl (C=O) groups is 2. The van der Waals surface area contributed by atoms with E-state index in [0.717, 1.165) is 28.7 Å². The molecule has 168 valence electrons. The number of nitrogens with one attached hydrogen (secondary N) is 1. The van der Waals surface area contributed by atoms with Crippen LogP contribution in [0.15, 0.2) is 64.3 Å². The molecule has 2 heterocycles. The first kappa shape index (κ1) is 23.6. The molecule has 6 nitrogen and oxygen atoms in total. The lowest BCUT2D eigenvalue weighted by molar-refractivity contribution is -0.137. The molecule has 2 aromatic carbocycles. The first-order valence-corrected chi connectivity index (χ1v) is 11.7. The highest BCUT2D eigenvalue weighted by Crippen LogP contribution is 2.36. The zero-order valence-electron chi connectivity index (χ0n) is 17.5. The maximum absolute atomic E-state index is 13.3. The summed E-state index contributed by atoms with van der Waals surface area (Å²) >= 11 is 19.1. The van der Waals surface area contributed by atoms with Crippen LogP contribution in [0.1, 0.15) is 17.0 Å². The Morgan fingerprint density at radius 1 is 0.879 bits per heavy atom. The number of anilines is 1. The van der Waals surface area contributed by atoms with Crippen molar-refractivity contribution in [3.63, 3.8) is 0 Å². The number of thioether (sulfide) groups is 1. The van der Waals surface area contributed by atoms with Crippen molar-refractivity contribution < 1.29 is 9.59 Å². The zero-order chi connectivity index (χ0) is 23.7. The number of aryl methyl sites for hydroxylation is 2. The summed E-state index contributed by atoms with van der Waals surface area (Å²) in [6.45, 7) is 3.78. The van der Waals surface area contributed by atoms with Crippen LogP contribution in [0, 0.1) is 13.8 Å². The Bertz CT molecular complexity index is 1280. The summed E-state index contributed by atoms with van der Waals surface area (Å²) in [5.41, 5.74) is 2.94. The molecule has 0 aliphatic carbocycles. The van der Waals surface area contributed by atoms with Gasteiger partial charge >= 0.3 is 0 Å². The van der Waals surface area contributed by atoms with Gasteiger partial charge in [0, 0.05) is 22.1 Å². The van der Waals surface area contributed by atoms with E-state index in [2.05, 4.69) is 15.3 Å². The Morgan fingerprint density at radius 2 is 1.55 bits per heavy atom. The number of imide groups is 1. The second-order valence-electron chi connectivity index (χ2n) is 7.32. The number of rotatable bonds is 6. The number of halogens is 3. The van der Waals surface area contributed by atoms with Gasteiger partial charge in [0.2, 0.25) is 0 Å². The van der Waals surface area contributed by atoms with Gasteiger partial charge in [-0.15, -0.1) is 0 Å². The van der Waals surface area contributed by atoms with Crippen molar-refractivity contribution in [1.29, 1.82) is 0 Å². The van der Waals surface area contributed by atoms with E-state index in [9.17, 15) is 9.59 Å². The van der Waals surface area contributed by atoms with Crippen molar-refractivity contribution in [2.75, 3.05) is 5.32 Å².